The van der Waals surface area contributed by atoms with Gasteiger partial charge in [-0.2, -0.15) is 5.10 Å². The van der Waals surface area contributed by atoms with E-state index in [0.29, 0.717) is 18.8 Å². The largest absolute Gasteiger partial charge is 0.326 e. The van der Waals surface area contributed by atoms with Gasteiger partial charge < -0.3 is 5.32 Å². The number of unbranched alkanes of at least 4 members (excludes halogenated alkanes) is 1. The maximum Gasteiger partial charge on any atom is 0.224 e. The van der Waals surface area contributed by atoms with Crippen LogP contribution in [-0.4, -0.2) is 21.6 Å². The summed E-state index contributed by atoms with van der Waals surface area (Å²) in [6, 6.07) is 9.67. The molecule has 0 bridgehead atoms. The number of alkyl halides is 1. The molecular formula is C15H18ClN3O. The van der Waals surface area contributed by atoms with Crippen molar-refractivity contribution in [3.05, 3.63) is 48.3 Å². The van der Waals surface area contributed by atoms with Crippen LogP contribution >= 0.6 is 11.6 Å². The van der Waals surface area contributed by atoms with Gasteiger partial charge in [-0.3, -0.25) is 9.48 Å². The SMILES string of the molecule is O=C(CCCCCl)Nc1ccccc1Cn1cccn1. The summed E-state index contributed by atoms with van der Waals surface area (Å²) in [6.07, 6.45) is 5.83. The van der Waals surface area contributed by atoms with E-state index in [2.05, 4.69) is 10.4 Å². The second-order valence-corrected chi connectivity index (χ2v) is 4.93. The number of halogens is 1. The summed E-state index contributed by atoms with van der Waals surface area (Å²) in [6.45, 7) is 0.644. The Morgan fingerprint density at radius 1 is 1.25 bits per heavy atom. The van der Waals surface area contributed by atoms with Crippen LogP contribution < -0.4 is 5.32 Å². The summed E-state index contributed by atoms with van der Waals surface area (Å²) >= 11 is 5.61. The lowest BCUT2D eigenvalue weighted by Crippen LogP contribution is -2.13. The third kappa shape index (κ3) is 4.38. The van der Waals surface area contributed by atoms with Gasteiger partial charge in [0.2, 0.25) is 5.91 Å². The number of nitrogens with one attached hydrogen (secondary N) is 1. The van der Waals surface area contributed by atoms with Crippen molar-refractivity contribution in [2.45, 2.75) is 25.8 Å². The molecule has 0 spiro atoms. The van der Waals surface area contributed by atoms with E-state index < -0.39 is 0 Å². The molecule has 0 unspecified atom stereocenters. The number of hydrogen-bond acceptors (Lipinski definition) is 2. The minimum Gasteiger partial charge on any atom is -0.326 e. The zero-order valence-corrected chi connectivity index (χ0v) is 12.0. The number of hydrogen-bond donors (Lipinski definition) is 1. The van der Waals surface area contributed by atoms with E-state index in [4.69, 9.17) is 11.6 Å². The molecule has 1 amide bonds. The molecule has 0 radical (unpaired) electrons. The van der Waals surface area contributed by atoms with Crippen molar-refractivity contribution < 1.29 is 4.79 Å². The fourth-order valence-electron chi connectivity index (χ4n) is 1.94. The number of para-hydroxylation sites is 1. The van der Waals surface area contributed by atoms with Crippen LogP contribution in [0.3, 0.4) is 0 Å². The molecule has 0 saturated heterocycles. The van der Waals surface area contributed by atoms with Crippen molar-refractivity contribution in [2.75, 3.05) is 11.2 Å². The highest BCUT2D eigenvalue weighted by Crippen LogP contribution is 2.16. The maximum atomic E-state index is 11.9. The minimum atomic E-state index is 0.0306. The number of anilines is 1. The molecule has 20 heavy (non-hydrogen) atoms. The summed E-state index contributed by atoms with van der Waals surface area (Å²) < 4.78 is 1.83. The van der Waals surface area contributed by atoms with E-state index in [1.54, 1.807) is 6.20 Å². The van der Waals surface area contributed by atoms with Crippen LogP contribution in [0.2, 0.25) is 0 Å². The highest BCUT2D eigenvalue weighted by atomic mass is 35.5. The Hall–Kier alpha value is -1.81. The predicted molar refractivity (Wildman–Crippen MR) is 81.0 cm³/mol. The first-order chi connectivity index (χ1) is 9.79. The van der Waals surface area contributed by atoms with E-state index in [1.165, 1.54) is 0 Å². The van der Waals surface area contributed by atoms with Gasteiger partial charge in [0.15, 0.2) is 0 Å². The Balaban J connectivity index is 1.98. The summed E-state index contributed by atoms with van der Waals surface area (Å²) in [5.74, 6) is 0.631. The smallest absolute Gasteiger partial charge is 0.224 e. The van der Waals surface area contributed by atoms with Crippen LogP contribution in [0, 0.1) is 0 Å². The molecule has 5 heteroatoms. The molecule has 1 N–H and O–H groups in total. The Morgan fingerprint density at radius 3 is 2.85 bits per heavy atom. The van der Waals surface area contributed by atoms with Crippen molar-refractivity contribution in [2.24, 2.45) is 0 Å². The molecule has 1 aromatic carbocycles. The summed E-state index contributed by atoms with van der Waals surface area (Å²) in [5.41, 5.74) is 1.89. The van der Waals surface area contributed by atoms with Crippen LogP contribution in [0.5, 0.6) is 0 Å². The molecule has 0 aliphatic heterocycles. The van der Waals surface area contributed by atoms with Gasteiger partial charge in [0.1, 0.15) is 0 Å². The fourth-order valence-corrected chi connectivity index (χ4v) is 2.13. The van der Waals surface area contributed by atoms with E-state index >= 15 is 0 Å². The molecular weight excluding hydrogens is 274 g/mol. The van der Waals surface area contributed by atoms with Crippen molar-refractivity contribution in [3.8, 4) is 0 Å². The Bertz CT molecular complexity index is 540. The second-order valence-electron chi connectivity index (χ2n) is 4.56. The third-order valence-corrected chi connectivity index (χ3v) is 3.24. The van der Waals surface area contributed by atoms with Crippen LogP contribution in [0.1, 0.15) is 24.8 Å². The van der Waals surface area contributed by atoms with Crippen molar-refractivity contribution in [3.63, 3.8) is 0 Å². The summed E-state index contributed by atoms with van der Waals surface area (Å²) in [4.78, 5) is 11.9. The Kier molecular flexibility index (Phi) is 5.62. The molecule has 0 aliphatic rings. The van der Waals surface area contributed by atoms with Gasteiger partial charge in [-0.1, -0.05) is 18.2 Å². The lowest BCUT2D eigenvalue weighted by atomic mass is 10.1. The molecule has 4 nitrogen and oxygen atoms in total. The Labute approximate surface area is 123 Å². The molecule has 106 valence electrons. The first kappa shape index (κ1) is 14.6. The number of aromatic nitrogens is 2. The number of nitrogens with zero attached hydrogens (tertiary/aromatic N) is 2. The molecule has 1 aromatic heterocycles. The minimum absolute atomic E-state index is 0.0306. The predicted octanol–water partition coefficient (Wildman–Crippen LogP) is 3.28. The van der Waals surface area contributed by atoms with Crippen LogP contribution in [0.15, 0.2) is 42.7 Å². The quantitative estimate of drug-likeness (QED) is 0.628. The van der Waals surface area contributed by atoms with Gasteiger partial charge in [0.25, 0.3) is 0 Å². The van der Waals surface area contributed by atoms with E-state index in [-0.39, 0.29) is 5.91 Å². The molecule has 0 atom stereocenters. The first-order valence-corrected chi connectivity index (χ1v) is 7.24. The third-order valence-electron chi connectivity index (χ3n) is 2.97. The maximum absolute atomic E-state index is 11.9. The number of rotatable bonds is 7. The van der Waals surface area contributed by atoms with E-state index in [0.717, 1.165) is 24.1 Å². The van der Waals surface area contributed by atoms with Crippen molar-refractivity contribution in [1.29, 1.82) is 0 Å². The van der Waals surface area contributed by atoms with E-state index in [1.807, 2.05) is 41.2 Å². The lowest BCUT2D eigenvalue weighted by molar-refractivity contribution is -0.116. The highest BCUT2D eigenvalue weighted by molar-refractivity contribution is 6.17. The average Bonchev–Trinajstić information content (AvgIpc) is 2.94. The molecule has 1 heterocycles. The van der Waals surface area contributed by atoms with Crippen molar-refractivity contribution >= 4 is 23.2 Å². The van der Waals surface area contributed by atoms with Crippen molar-refractivity contribution in [1.82, 2.24) is 9.78 Å². The zero-order chi connectivity index (χ0) is 14.2. The van der Waals surface area contributed by atoms with Crippen LogP contribution in [0.25, 0.3) is 0 Å². The lowest BCUT2D eigenvalue weighted by Gasteiger charge is -2.11. The van der Waals surface area contributed by atoms with Gasteiger partial charge in [0.05, 0.1) is 6.54 Å². The topological polar surface area (TPSA) is 46.9 Å². The molecule has 0 saturated carbocycles. The number of benzene rings is 1. The Morgan fingerprint density at radius 2 is 2.10 bits per heavy atom. The van der Waals surface area contributed by atoms with E-state index in [9.17, 15) is 4.79 Å². The molecule has 0 fully saturated rings. The molecule has 2 rings (SSSR count). The molecule has 0 aliphatic carbocycles. The normalized spacial score (nSPS) is 10.4. The number of carbonyl (C=O) groups is 1. The van der Waals surface area contributed by atoms with Gasteiger partial charge in [-0.25, -0.2) is 0 Å². The van der Waals surface area contributed by atoms with Crippen LogP contribution in [0.4, 0.5) is 5.69 Å². The second kappa shape index (κ2) is 7.70. The number of amides is 1. The highest BCUT2D eigenvalue weighted by Gasteiger charge is 2.07. The van der Waals surface area contributed by atoms with Gasteiger partial charge in [-0.05, 0) is 30.5 Å². The average molecular weight is 292 g/mol. The van der Waals surface area contributed by atoms with Crippen LogP contribution in [-0.2, 0) is 11.3 Å². The van der Waals surface area contributed by atoms with Gasteiger partial charge in [0, 0.05) is 30.4 Å². The molecule has 2 aromatic rings. The summed E-state index contributed by atoms with van der Waals surface area (Å²) in [5, 5.41) is 7.14. The monoisotopic (exact) mass is 291 g/mol. The number of carbonyl (C=O) groups excluding carboxylic acids is 1. The fraction of sp³-hybridized carbons (Fsp3) is 0.333. The zero-order valence-electron chi connectivity index (χ0n) is 11.3. The first-order valence-electron chi connectivity index (χ1n) is 6.71. The van der Waals surface area contributed by atoms with Gasteiger partial charge >= 0.3 is 0 Å². The standard InChI is InChI=1S/C15H18ClN3O/c16-9-4-3-8-15(20)18-14-7-2-1-6-13(14)12-19-11-5-10-17-19/h1-2,5-7,10-11H,3-4,8-9,12H2,(H,18,20). The van der Waals surface area contributed by atoms with Gasteiger partial charge in [-0.15, -0.1) is 11.6 Å². The summed E-state index contributed by atoms with van der Waals surface area (Å²) in [7, 11) is 0.